The highest BCUT2D eigenvalue weighted by molar-refractivity contribution is 6.03. The highest BCUT2D eigenvalue weighted by atomic mass is 16.1. The van der Waals surface area contributed by atoms with E-state index < -0.39 is 0 Å². The van der Waals surface area contributed by atoms with E-state index in [9.17, 15) is 4.79 Å². The standard InChI is InChI=1S/C15H19N3O/c1-15(2,3)18-13-10-9-12(17-13)14(19)16-11-7-5-4-6-8-11/h4-10,17-18H,1-3H3,(H,16,19). The summed E-state index contributed by atoms with van der Waals surface area (Å²) in [5.74, 6) is 0.693. The predicted molar refractivity (Wildman–Crippen MR) is 78.6 cm³/mol. The molecule has 0 saturated heterocycles. The van der Waals surface area contributed by atoms with Crippen LogP contribution in [0.5, 0.6) is 0 Å². The van der Waals surface area contributed by atoms with Crippen LogP contribution in [0.25, 0.3) is 0 Å². The third-order valence-electron chi connectivity index (χ3n) is 2.47. The first-order valence-corrected chi connectivity index (χ1v) is 6.28. The summed E-state index contributed by atoms with van der Waals surface area (Å²) in [6.07, 6.45) is 0. The lowest BCUT2D eigenvalue weighted by molar-refractivity contribution is 0.102. The van der Waals surface area contributed by atoms with Crippen LogP contribution in [-0.4, -0.2) is 16.4 Å². The number of benzene rings is 1. The van der Waals surface area contributed by atoms with Gasteiger partial charge in [0.15, 0.2) is 0 Å². The smallest absolute Gasteiger partial charge is 0.272 e. The predicted octanol–water partition coefficient (Wildman–Crippen LogP) is 3.48. The molecule has 0 atom stereocenters. The maximum absolute atomic E-state index is 12.0. The molecule has 1 amide bonds. The van der Waals surface area contributed by atoms with Crippen molar-refractivity contribution >= 4 is 17.4 Å². The third-order valence-corrected chi connectivity index (χ3v) is 2.47. The van der Waals surface area contributed by atoms with Crippen LogP contribution in [-0.2, 0) is 0 Å². The van der Waals surface area contributed by atoms with E-state index in [1.54, 1.807) is 6.07 Å². The Morgan fingerprint density at radius 3 is 2.37 bits per heavy atom. The van der Waals surface area contributed by atoms with Crippen LogP contribution in [0.3, 0.4) is 0 Å². The van der Waals surface area contributed by atoms with Crippen molar-refractivity contribution in [1.29, 1.82) is 0 Å². The average Bonchev–Trinajstić information content (AvgIpc) is 2.76. The van der Waals surface area contributed by atoms with Crippen molar-refractivity contribution in [3.05, 3.63) is 48.2 Å². The largest absolute Gasteiger partial charge is 0.367 e. The van der Waals surface area contributed by atoms with Crippen molar-refractivity contribution in [3.8, 4) is 0 Å². The Balaban J connectivity index is 2.04. The Morgan fingerprint density at radius 2 is 1.74 bits per heavy atom. The molecule has 0 fully saturated rings. The van der Waals surface area contributed by atoms with E-state index in [1.807, 2.05) is 36.4 Å². The van der Waals surface area contributed by atoms with E-state index in [2.05, 4.69) is 36.4 Å². The van der Waals surface area contributed by atoms with Gasteiger partial charge in [-0.2, -0.15) is 0 Å². The topological polar surface area (TPSA) is 56.9 Å². The molecular formula is C15H19N3O. The zero-order chi connectivity index (χ0) is 13.9. The first kappa shape index (κ1) is 13.2. The molecule has 19 heavy (non-hydrogen) atoms. The van der Waals surface area contributed by atoms with Gasteiger partial charge in [0.1, 0.15) is 11.5 Å². The molecule has 0 radical (unpaired) electrons. The van der Waals surface area contributed by atoms with Gasteiger partial charge in [0.2, 0.25) is 0 Å². The minimum Gasteiger partial charge on any atom is -0.367 e. The highest BCUT2D eigenvalue weighted by Gasteiger charge is 2.13. The maximum atomic E-state index is 12.0. The molecule has 0 aliphatic heterocycles. The molecule has 2 rings (SSSR count). The lowest BCUT2D eigenvalue weighted by Gasteiger charge is -2.20. The fraction of sp³-hybridized carbons (Fsp3) is 0.267. The second-order valence-electron chi connectivity index (χ2n) is 5.48. The zero-order valence-corrected chi connectivity index (χ0v) is 11.4. The van der Waals surface area contributed by atoms with Crippen molar-refractivity contribution in [2.45, 2.75) is 26.3 Å². The van der Waals surface area contributed by atoms with Crippen LogP contribution in [0.2, 0.25) is 0 Å². The molecule has 0 spiro atoms. The van der Waals surface area contributed by atoms with Gasteiger partial charge >= 0.3 is 0 Å². The fourth-order valence-electron chi connectivity index (χ4n) is 1.72. The molecule has 0 bridgehead atoms. The molecule has 1 aromatic carbocycles. The first-order chi connectivity index (χ1) is 8.94. The Morgan fingerprint density at radius 1 is 1.05 bits per heavy atom. The number of carbonyl (C=O) groups excluding carboxylic acids is 1. The van der Waals surface area contributed by atoms with E-state index in [-0.39, 0.29) is 11.4 Å². The van der Waals surface area contributed by atoms with Crippen molar-refractivity contribution in [2.24, 2.45) is 0 Å². The molecule has 0 aliphatic carbocycles. The van der Waals surface area contributed by atoms with E-state index in [4.69, 9.17) is 0 Å². The van der Waals surface area contributed by atoms with E-state index in [0.29, 0.717) is 5.69 Å². The normalized spacial score (nSPS) is 11.1. The molecule has 100 valence electrons. The average molecular weight is 257 g/mol. The minimum atomic E-state index is -0.145. The molecule has 2 aromatic rings. The molecule has 4 nitrogen and oxygen atoms in total. The Kier molecular flexibility index (Phi) is 3.60. The fourth-order valence-corrected chi connectivity index (χ4v) is 1.72. The first-order valence-electron chi connectivity index (χ1n) is 6.28. The summed E-state index contributed by atoms with van der Waals surface area (Å²) < 4.78 is 0. The molecule has 4 heteroatoms. The SMILES string of the molecule is CC(C)(C)Nc1ccc(C(=O)Nc2ccccc2)[nH]1. The number of aromatic amines is 1. The molecule has 0 aliphatic rings. The number of nitrogens with one attached hydrogen (secondary N) is 3. The lowest BCUT2D eigenvalue weighted by atomic mass is 10.1. The molecule has 0 unspecified atom stereocenters. The summed E-state index contributed by atoms with van der Waals surface area (Å²) in [6.45, 7) is 6.20. The summed E-state index contributed by atoms with van der Waals surface area (Å²) in [5, 5.41) is 6.12. The number of anilines is 2. The van der Waals surface area contributed by atoms with Crippen LogP contribution in [0.15, 0.2) is 42.5 Å². The Bertz CT molecular complexity index is 552. The number of hydrogen-bond acceptors (Lipinski definition) is 2. The second kappa shape index (κ2) is 5.18. The molecule has 1 aromatic heterocycles. The van der Waals surface area contributed by atoms with Crippen LogP contribution >= 0.6 is 0 Å². The number of carbonyl (C=O) groups is 1. The number of amides is 1. The summed E-state index contributed by atoms with van der Waals surface area (Å²) in [4.78, 5) is 15.1. The van der Waals surface area contributed by atoms with Gasteiger partial charge in [-0.25, -0.2) is 0 Å². The quantitative estimate of drug-likeness (QED) is 0.788. The van der Waals surface area contributed by atoms with Gasteiger partial charge in [0.05, 0.1) is 0 Å². The van der Waals surface area contributed by atoms with Crippen molar-refractivity contribution in [3.63, 3.8) is 0 Å². The molecular weight excluding hydrogens is 238 g/mol. The molecule has 3 N–H and O–H groups in total. The van der Waals surface area contributed by atoms with Gasteiger partial charge in [-0.15, -0.1) is 0 Å². The second-order valence-corrected chi connectivity index (χ2v) is 5.48. The van der Waals surface area contributed by atoms with E-state index >= 15 is 0 Å². The van der Waals surface area contributed by atoms with Crippen molar-refractivity contribution in [2.75, 3.05) is 10.6 Å². The van der Waals surface area contributed by atoms with Crippen LogP contribution < -0.4 is 10.6 Å². The summed E-state index contributed by atoms with van der Waals surface area (Å²) in [6, 6.07) is 13.0. The van der Waals surface area contributed by atoms with Crippen LogP contribution in [0.4, 0.5) is 11.5 Å². The third kappa shape index (κ3) is 3.88. The number of aromatic nitrogens is 1. The zero-order valence-electron chi connectivity index (χ0n) is 11.4. The van der Waals surface area contributed by atoms with Gasteiger partial charge in [-0.3, -0.25) is 4.79 Å². The maximum Gasteiger partial charge on any atom is 0.272 e. The van der Waals surface area contributed by atoms with E-state index in [1.165, 1.54) is 0 Å². The summed E-state index contributed by atoms with van der Waals surface area (Å²) in [5.41, 5.74) is 1.28. The van der Waals surface area contributed by atoms with Gasteiger partial charge in [0.25, 0.3) is 5.91 Å². The van der Waals surface area contributed by atoms with Gasteiger partial charge in [-0.05, 0) is 45.0 Å². The summed E-state index contributed by atoms with van der Waals surface area (Å²) >= 11 is 0. The molecule has 0 saturated carbocycles. The Hall–Kier alpha value is -2.23. The monoisotopic (exact) mass is 257 g/mol. The lowest BCUT2D eigenvalue weighted by Crippen LogP contribution is -2.26. The number of rotatable bonds is 3. The van der Waals surface area contributed by atoms with Gasteiger partial charge < -0.3 is 15.6 Å². The van der Waals surface area contributed by atoms with Crippen molar-refractivity contribution < 1.29 is 4.79 Å². The van der Waals surface area contributed by atoms with Gasteiger partial charge in [-0.1, -0.05) is 18.2 Å². The Labute approximate surface area is 113 Å². The number of para-hydroxylation sites is 1. The number of H-pyrrole nitrogens is 1. The number of hydrogen-bond donors (Lipinski definition) is 3. The van der Waals surface area contributed by atoms with Crippen LogP contribution in [0.1, 0.15) is 31.3 Å². The van der Waals surface area contributed by atoms with Gasteiger partial charge in [0, 0.05) is 11.2 Å². The minimum absolute atomic E-state index is 0.0436. The highest BCUT2D eigenvalue weighted by Crippen LogP contribution is 2.15. The van der Waals surface area contributed by atoms with Crippen molar-refractivity contribution in [1.82, 2.24) is 4.98 Å². The molecule has 1 heterocycles. The van der Waals surface area contributed by atoms with E-state index in [0.717, 1.165) is 11.5 Å². The van der Waals surface area contributed by atoms with Crippen LogP contribution in [0, 0.1) is 0 Å². The summed E-state index contributed by atoms with van der Waals surface area (Å²) in [7, 11) is 0.